The zero-order valence-corrected chi connectivity index (χ0v) is 16.0. The molecule has 25 heavy (non-hydrogen) atoms. The molecule has 8 heteroatoms. The zero-order chi connectivity index (χ0) is 17.8. The van der Waals surface area contributed by atoms with Gasteiger partial charge in [-0.3, -0.25) is 0 Å². The molecule has 3 rings (SSSR count). The van der Waals surface area contributed by atoms with Gasteiger partial charge in [0.25, 0.3) is 0 Å². The molecule has 0 aliphatic rings. The van der Waals surface area contributed by atoms with E-state index >= 15 is 0 Å². The first-order valence-corrected chi connectivity index (χ1v) is 9.83. The summed E-state index contributed by atoms with van der Waals surface area (Å²) < 4.78 is 0. The molecule has 1 unspecified atom stereocenters. The molecule has 2 heterocycles. The molecule has 3 aromatic rings. The lowest BCUT2D eigenvalue weighted by Crippen LogP contribution is -2.27. The van der Waals surface area contributed by atoms with E-state index in [1.165, 1.54) is 11.3 Å². The molecule has 2 amide bonds. The number of aliphatic hydroxyl groups excluding tert-OH is 1. The van der Waals surface area contributed by atoms with Crippen LogP contribution in [0.4, 0.5) is 10.5 Å². The van der Waals surface area contributed by atoms with Crippen molar-refractivity contribution in [3.8, 4) is 0 Å². The van der Waals surface area contributed by atoms with Gasteiger partial charge in [-0.25, -0.2) is 4.79 Å². The second kappa shape index (κ2) is 8.21. The van der Waals surface area contributed by atoms with Gasteiger partial charge in [-0.05, 0) is 52.7 Å². The minimum Gasteiger partial charge on any atom is -0.383 e. The molecule has 1 aromatic carbocycles. The Bertz CT molecular complexity index is 865. The standard InChI is InChI=1S/C17H14Cl2N2O2S2/c18-13-3-1-11(7-14(13)19)21-17(23)20-8-12-2-4-15(25-12)16(22)10-5-6-24-9-10/h1-7,9,16,22H,8H2,(H2,20,21,23). The highest BCUT2D eigenvalue weighted by molar-refractivity contribution is 7.12. The maximum Gasteiger partial charge on any atom is 0.319 e. The smallest absolute Gasteiger partial charge is 0.319 e. The molecule has 1 atom stereocenters. The lowest BCUT2D eigenvalue weighted by molar-refractivity contribution is 0.224. The summed E-state index contributed by atoms with van der Waals surface area (Å²) in [6.45, 7) is 0.369. The maximum absolute atomic E-state index is 12.0. The number of urea groups is 1. The number of hydrogen-bond donors (Lipinski definition) is 3. The largest absolute Gasteiger partial charge is 0.383 e. The fourth-order valence-corrected chi connectivity index (χ4v) is 4.09. The van der Waals surface area contributed by atoms with Gasteiger partial charge in [0.15, 0.2) is 0 Å². The summed E-state index contributed by atoms with van der Waals surface area (Å²) >= 11 is 14.8. The van der Waals surface area contributed by atoms with Crippen LogP contribution in [0.2, 0.25) is 10.0 Å². The third kappa shape index (κ3) is 4.74. The van der Waals surface area contributed by atoms with Crippen molar-refractivity contribution in [1.82, 2.24) is 5.32 Å². The summed E-state index contributed by atoms with van der Waals surface area (Å²) in [5, 5.41) is 20.4. The molecule has 0 bridgehead atoms. The summed E-state index contributed by atoms with van der Waals surface area (Å²) in [6.07, 6.45) is -0.630. The predicted molar refractivity (Wildman–Crippen MR) is 105 cm³/mol. The number of carbonyl (C=O) groups is 1. The summed E-state index contributed by atoms with van der Waals surface area (Å²) in [7, 11) is 0. The highest BCUT2D eigenvalue weighted by Crippen LogP contribution is 2.29. The van der Waals surface area contributed by atoms with Crippen LogP contribution in [-0.4, -0.2) is 11.1 Å². The Kier molecular flexibility index (Phi) is 5.98. The summed E-state index contributed by atoms with van der Waals surface area (Å²) in [6, 6.07) is 10.2. The molecule has 0 saturated heterocycles. The minimum atomic E-state index is -0.630. The molecule has 0 spiro atoms. The van der Waals surface area contributed by atoms with Gasteiger partial charge < -0.3 is 15.7 Å². The van der Waals surface area contributed by atoms with Crippen molar-refractivity contribution in [3.63, 3.8) is 0 Å². The maximum atomic E-state index is 12.0. The third-order valence-corrected chi connectivity index (χ3v) is 5.99. The van der Waals surface area contributed by atoms with Crippen molar-refractivity contribution in [1.29, 1.82) is 0 Å². The Morgan fingerprint density at radius 1 is 1.16 bits per heavy atom. The van der Waals surface area contributed by atoms with Crippen LogP contribution < -0.4 is 10.6 Å². The van der Waals surface area contributed by atoms with E-state index in [9.17, 15) is 9.90 Å². The minimum absolute atomic E-state index is 0.341. The van der Waals surface area contributed by atoms with Crippen LogP contribution in [0.1, 0.15) is 21.4 Å². The van der Waals surface area contributed by atoms with Crippen molar-refractivity contribution >= 4 is 57.6 Å². The van der Waals surface area contributed by atoms with E-state index in [1.807, 2.05) is 29.0 Å². The van der Waals surface area contributed by atoms with Crippen molar-refractivity contribution in [3.05, 3.63) is 72.5 Å². The summed E-state index contributed by atoms with van der Waals surface area (Å²) in [5.74, 6) is 0. The third-order valence-electron chi connectivity index (χ3n) is 3.41. The molecule has 3 N–H and O–H groups in total. The SMILES string of the molecule is O=C(NCc1ccc(C(O)c2ccsc2)s1)Nc1ccc(Cl)c(Cl)c1. The molecule has 0 saturated carbocycles. The van der Waals surface area contributed by atoms with E-state index in [1.54, 1.807) is 29.5 Å². The van der Waals surface area contributed by atoms with E-state index in [2.05, 4.69) is 10.6 Å². The van der Waals surface area contributed by atoms with Crippen LogP contribution in [0.5, 0.6) is 0 Å². The monoisotopic (exact) mass is 412 g/mol. The number of thiophene rings is 2. The van der Waals surface area contributed by atoms with Gasteiger partial charge in [0.05, 0.1) is 16.6 Å². The van der Waals surface area contributed by atoms with Crippen molar-refractivity contribution in [2.75, 3.05) is 5.32 Å². The predicted octanol–water partition coefficient (Wildman–Crippen LogP) is 5.52. The molecule has 0 radical (unpaired) electrons. The molecule has 0 aliphatic heterocycles. The van der Waals surface area contributed by atoms with Gasteiger partial charge in [-0.1, -0.05) is 23.2 Å². The Labute approximate surface area is 163 Å². The normalized spacial score (nSPS) is 12.0. The lowest BCUT2D eigenvalue weighted by Gasteiger charge is -2.08. The van der Waals surface area contributed by atoms with Crippen molar-refractivity contribution in [2.45, 2.75) is 12.6 Å². The second-order valence-corrected chi connectivity index (χ2v) is 7.99. The van der Waals surface area contributed by atoms with Crippen molar-refractivity contribution in [2.24, 2.45) is 0 Å². The van der Waals surface area contributed by atoms with Crippen LogP contribution in [0.15, 0.2) is 47.2 Å². The average molecular weight is 413 g/mol. The van der Waals surface area contributed by atoms with E-state index in [-0.39, 0.29) is 6.03 Å². The Hall–Kier alpha value is -1.57. The number of carbonyl (C=O) groups excluding carboxylic acids is 1. The quantitative estimate of drug-likeness (QED) is 0.516. The second-order valence-electron chi connectivity index (χ2n) is 5.20. The van der Waals surface area contributed by atoms with Gasteiger partial charge >= 0.3 is 6.03 Å². The van der Waals surface area contributed by atoms with Crippen LogP contribution in [-0.2, 0) is 6.54 Å². The molecular weight excluding hydrogens is 399 g/mol. The summed E-state index contributed by atoms with van der Waals surface area (Å²) in [4.78, 5) is 13.8. The number of halogens is 2. The number of benzene rings is 1. The van der Waals surface area contributed by atoms with Gasteiger partial charge in [-0.15, -0.1) is 11.3 Å². The first-order valence-electron chi connectivity index (χ1n) is 7.31. The van der Waals surface area contributed by atoms with Crippen molar-refractivity contribution < 1.29 is 9.90 Å². The number of rotatable bonds is 5. The fourth-order valence-electron chi connectivity index (χ4n) is 2.15. The van der Waals surface area contributed by atoms with E-state index in [0.29, 0.717) is 22.3 Å². The molecule has 4 nitrogen and oxygen atoms in total. The van der Waals surface area contributed by atoms with Crippen LogP contribution in [0, 0.1) is 0 Å². The Balaban J connectivity index is 1.55. The number of aliphatic hydroxyl groups is 1. The number of anilines is 1. The Morgan fingerprint density at radius 2 is 2.00 bits per heavy atom. The van der Waals surface area contributed by atoms with Crippen LogP contribution in [0.3, 0.4) is 0 Å². The molecule has 0 aliphatic carbocycles. The number of hydrogen-bond acceptors (Lipinski definition) is 4. The number of amides is 2. The topological polar surface area (TPSA) is 61.4 Å². The van der Waals surface area contributed by atoms with Gasteiger partial charge in [-0.2, -0.15) is 11.3 Å². The zero-order valence-electron chi connectivity index (χ0n) is 12.8. The molecule has 130 valence electrons. The van der Waals surface area contributed by atoms with E-state index in [0.717, 1.165) is 15.3 Å². The first-order chi connectivity index (χ1) is 12.0. The van der Waals surface area contributed by atoms with E-state index < -0.39 is 6.10 Å². The first kappa shape index (κ1) is 18.2. The van der Waals surface area contributed by atoms with Crippen LogP contribution in [0.25, 0.3) is 0 Å². The molecular formula is C17H14Cl2N2O2S2. The summed E-state index contributed by atoms with van der Waals surface area (Å²) in [5.41, 5.74) is 1.44. The highest BCUT2D eigenvalue weighted by atomic mass is 35.5. The number of nitrogens with one attached hydrogen (secondary N) is 2. The molecule has 2 aromatic heterocycles. The lowest BCUT2D eigenvalue weighted by atomic mass is 10.2. The van der Waals surface area contributed by atoms with Gasteiger partial charge in [0, 0.05) is 15.4 Å². The van der Waals surface area contributed by atoms with E-state index in [4.69, 9.17) is 23.2 Å². The molecule has 0 fully saturated rings. The van der Waals surface area contributed by atoms with Gasteiger partial charge in [0.1, 0.15) is 6.10 Å². The Morgan fingerprint density at radius 3 is 2.72 bits per heavy atom. The van der Waals surface area contributed by atoms with Gasteiger partial charge in [0.2, 0.25) is 0 Å². The van der Waals surface area contributed by atoms with Crippen LogP contribution >= 0.6 is 45.9 Å². The average Bonchev–Trinajstić information content (AvgIpc) is 3.27. The highest BCUT2D eigenvalue weighted by Gasteiger charge is 2.13. The fraction of sp³-hybridized carbons (Fsp3) is 0.118.